The summed E-state index contributed by atoms with van der Waals surface area (Å²) in [5, 5.41) is 10.2. The monoisotopic (exact) mass is 280 g/mol. The maximum absolute atomic E-state index is 10.2. The molecule has 1 aliphatic heterocycles. The Labute approximate surface area is 120 Å². The molecule has 20 heavy (non-hydrogen) atoms. The molecule has 1 aromatic carbocycles. The first-order valence-corrected chi connectivity index (χ1v) is 7.22. The second-order valence-electron chi connectivity index (χ2n) is 5.29. The van der Waals surface area contributed by atoms with E-state index in [9.17, 15) is 5.11 Å². The molecule has 4 heteroatoms. The zero-order valence-corrected chi connectivity index (χ0v) is 12.3. The third-order valence-corrected chi connectivity index (χ3v) is 3.60. The Morgan fingerprint density at radius 1 is 1.40 bits per heavy atom. The van der Waals surface area contributed by atoms with E-state index >= 15 is 0 Å². The van der Waals surface area contributed by atoms with Crippen molar-refractivity contribution in [2.45, 2.75) is 38.4 Å². The van der Waals surface area contributed by atoms with Crippen molar-refractivity contribution in [2.75, 3.05) is 26.9 Å². The van der Waals surface area contributed by atoms with Gasteiger partial charge in [-0.3, -0.25) is 0 Å². The Morgan fingerprint density at radius 3 is 2.95 bits per heavy atom. The number of aliphatic hydroxyl groups is 1. The molecule has 1 saturated heterocycles. The summed E-state index contributed by atoms with van der Waals surface area (Å²) in [5.74, 6) is 0.695. The molecule has 4 nitrogen and oxygen atoms in total. The van der Waals surface area contributed by atoms with E-state index < -0.39 is 6.10 Å². The third-order valence-electron chi connectivity index (χ3n) is 3.60. The van der Waals surface area contributed by atoms with Crippen molar-refractivity contribution in [3.63, 3.8) is 0 Å². The lowest BCUT2D eigenvalue weighted by atomic mass is 10.1. The highest BCUT2D eigenvalue weighted by molar-refractivity contribution is 5.38. The standard InChI is InChI=1S/C16H24O4/c1-12-6-7-16(18-2)14(9-12)15(17)11-19-10-13-5-3-4-8-20-13/h6-7,9,13,15,17H,3-5,8,10-11H2,1-2H3. The van der Waals surface area contributed by atoms with Crippen LogP contribution in [-0.4, -0.2) is 38.1 Å². The Kier molecular flexibility index (Phi) is 5.83. The molecule has 0 amide bonds. The van der Waals surface area contributed by atoms with Gasteiger partial charge in [0.2, 0.25) is 0 Å². The lowest BCUT2D eigenvalue weighted by molar-refractivity contribution is -0.0576. The van der Waals surface area contributed by atoms with Crippen LogP contribution in [-0.2, 0) is 9.47 Å². The Bertz CT molecular complexity index is 413. The second-order valence-corrected chi connectivity index (χ2v) is 5.29. The molecule has 0 saturated carbocycles. The van der Waals surface area contributed by atoms with Gasteiger partial charge in [0, 0.05) is 12.2 Å². The quantitative estimate of drug-likeness (QED) is 0.870. The predicted octanol–water partition coefficient (Wildman–Crippen LogP) is 2.62. The molecule has 2 atom stereocenters. The Morgan fingerprint density at radius 2 is 2.25 bits per heavy atom. The molecule has 2 rings (SSSR count). The van der Waals surface area contributed by atoms with E-state index in [1.165, 1.54) is 6.42 Å². The van der Waals surface area contributed by atoms with Gasteiger partial charge in [-0.1, -0.05) is 11.6 Å². The highest BCUT2D eigenvalue weighted by Crippen LogP contribution is 2.26. The smallest absolute Gasteiger partial charge is 0.124 e. The summed E-state index contributed by atoms with van der Waals surface area (Å²) in [5.41, 5.74) is 1.87. The van der Waals surface area contributed by atoms with Crippen LogP contribution < -0.4 is 4.74 Å². The predicted molar refractivity (Wildman–Crippen MR) is 77.1 cm³/mol. The highest BCUT2D eigenvalue weighted by atomic mass is 16.5. The van der Waals surface area contributed by atoms with Crippen LogP contribution in [0.1, 0.15) is 36.5 Å². The summed E-state index contributed by atoms with van der Waals surface area (Å²) in [7, 11) is 1.61. The average molecular weight is 280 g/mol. The highest BCUT2D eigenvalue weighted by Gasteiger charge is 2.17. The van der Waals surface area contributed by atoms with Crippen molar-refractivity contribution in [1.82, 2.24) is 0 Å². The minimum Gasteiger partial charge on any atom is -0.496 e. The number of hydrogen-bond acceptors (Lipinski definition) is 4. The average Bonchev–Trinajstić information content (AvgIpc) is 2.48. The van der Waals surface area contributed by atoms with Gasteiger partial charge in [-0.2, -0.15) is 0 Å². The summed E-state index contributed by atoms with van der Waals surface area (Å²) in [6.45, 7) is 3.62. The van der Waals surface area contributed by atoms with Crippen LogP contribution in [0, 0.1) is 6.92 Å². The van der Waals surface area contributed by atoms with Crippen LogP contribution in [0.5, 0.6) is 5.75 Å². The maximum atomic E-state index is 10.2. The van der Waals surface area contributed by atoms with Crippen LogP contribution in [0.4, 0.5) is 0 Å². The molecule has 1 aromatic rings. The molecule has 1 heterocycles. The molecular weight excluding hydrogens is 256 g/mol. The first-order valence-electron chi connectivity index (χ1n) is 7.22. The lowest BCUT2D eigenvalue weighted by Crippen LogP contribution is -2.25. The first kappa shape index (κ1) is 15.3. The number of ether oxygens (including phenoxy) is 3. The number of hydrogen-bond donors (Lipinski definition) is 1. The van der Waals surface area contributed by atoms with E-state index in [-0.39, 0.29) is 12.7 Å². The largest absolute Gasteiger partial charge is 0.496 e. The van der Waals surface area contributed by atoms with Crippen LogP contribution in [0.2, 0.25) is 0 Å². The van der Waals surface area contributed by atoms with Crippen molar-refractivity contribution in [3.05, 3.63) is 29.3 Å². The fourth-order valence-corrected chi connectivity index (χ4v) is 2.45. The summed E-state index contributed by atoms with van der Waals surface area (Å²) in [4.78, 5) is 0. The summed E-state index contributed by atoms with van der Waals surface area (Å²) < 4.78 is 16.5. The molecular formula is C16H24O4. The molecule has 2 unspecified atom stereocenters. The van der Waals surface area contributed by atoms with Gasteiger partial charge in [0.15, 0.2) is 0 Å². The number of aryl methyl sites for hydroxylation is 1. The Hall–Kier alpha value is -1.10. The summed E-state index contributed by atoms with van der Waals surface area (Å²) >= 11 is 0. The molecule has 1 fully saturated rings. The number of aliphatic hydroxyl groups excluding tert-OH is 1. The van der Waals surface area contributed by atoms with Crippen molar-refractivity contribution in [2.24, 2.45) is 0 Å². The fourth-order valence-electron chi connectivity index (χ4n) is 2.45. The minimum absolute atomic E-state index is 0.176. The van der Waals surface area contributed by atoms with Gasteiger partial charge in [0.25, 0.3) is 0 Å². The van der Waals surface area contributed by atoms with Crippen molar-refractivity contribution in [1.29, 1.82) is 0 Å². The molecule has 1 aliphatic rings. The number of rotatable bonds is 6. The van der Waals surface area contributed by atoms with Crippen molar-refractivity contribution >= 4 is 0 Å². The molecule has 0 radical (unpaired) electrons. The van der Waals surface area contributed by atoms with Crippen LogP contribution in [0.25, 0.3) is 0 Å². The van der Waals surface area contributed by atoms with E-state index in [0.29, 0.717) is 12.4 Å². The van der Waals surface area contributed by atoms with E-state index in [0.717, 1.165) is 30.6 Å². The van der Waals surface area contributed by atoms with E-state index in [4.69, 9.17) is 14.2 Å². The molecule has 0 aromatic heterocycles. The second kappa shape index (κ2) is 7.62. The van der Waals surface area contributed by atoms with Crippen LogP contribution >= 0.6 is 0 Å². The SMILES string of the molecule is COc1ccc(C)cc1C(O)COCC1CCCCO1. The molecule has 0 aliphatic carbocycles. The zero-order chi connectivity index (χ0) is 14.4. The van der Waals surface area contributed by atoms with E-state index in [2.05, 4.69) is 0 Å². The van der Waals surface area contributed by atoms with Crippen molar-refractivity contribution in [3.8, 4) is 5.75 Å². The molecule has 112 valence electrons. The van der Waals surface area contributed by atoms with Gasteiger partial charge >= 0.3 is 0 Å². The van der Waals surface area contributed by atoms with Gasteiger partial charge < -0.3 is 19.3 Å². The topological polar surface area (TPSA) is 47.9 Å². The van der Waals surface area contributed by atoms with E-state index in [1.54, 1.807) is 7.11 Å². The molecule has 0 spiro atoms. The van der Waals surface area contributed by atoms with Gasteiger partial charge in [-0.25, -0.2) is 0 Å². The molecule has 1 N–H and O–H groups in total. The summed E-state index contributed by atoms with van der Waals surface area (Å²) in [6, 6.07) is 5.77. The first-order chi connectivity index (χ1) is 9.70. The minimum atomic E-state index is -0.673. The fraction of sp³-hybridized carbons (Fsp3) is 0.625. The van der Waals surface area contributed by atoms with Gasteiger partial charge in [0.05, 0.1) is 26.4 Å². The lowest BCUT2D eigenvalue weighted by Gasteiger charge is -2.23. The number of benzene rings is 1. The van der Waals surface area contributed by atoms with E-state index in [1.807, 2.05) is 25.1 Å². The van der Waals surface area contributed by atoms with Gasteiger partial charge in [-0.05, 0) is 38.3 Å². The van der Waals surface area contributed by atoms with Crippen LogP contribution in [0.15, 0.2) is 18.2 Å². The zero-order valence-electron chi connectivity index (χ0n) is 12.3. The summed E-state index contributed by atoms with van der Waals surface area (Å²) in [6.07, 6.45) is 2.88. The maximum Gasteiger partial charge on any atom is 0.124 e. The van der Waals surface area contributed by atoms with Gasteiger partial charge in [-0.15, -0.1) is 0 Å². The number of methoxy groups -OCH3 is 1. The van der Waals surface area contributed by atoms with Gasteiger partial charge in [0.1, 0.15) is 11.9 Å². The normalized spacial score (nSPS) is 20.6. The van der Waals surface area contributed by atoms with Crippen LogP contribution in [0.3, 0.4) is 0 Å². The Balaban J connectivity index is 1.84. The molecule has 0 bridgehead atoms. The van der Waals surface area contributed by atoms with Crippen molar-refractivity contribution < 1.29 is 19.3 Å². The third kappa shape index (κ3) is 4.20.